The van der Waals surface area contributed by atoms with Crippen molar-refractivity contribution in [2.24, 2.45) is 0 Å². The van der Waals surface area contributed by atoms with Crippen LogP contribution < -0.4 is 10.6 Å². The minimum Gasteiger partial charge on any atom is -0.324 e. The molecule has 0 aliphatic carbocycles. The Kier molecular flexibility index (Phi) is 4.20. The van der Waals surface area contributed by atoms with Gasteiger partial charge in [0.25, 0.3) is 0 Å². The molecule has 0 spiro atoms. The molecule has 1 aromatic rings. The van der Waals surface area contributed by atoms with E-state index in [4.69, 9.17) is 0 Å². The zero-order valence-electron chi connectivity index (χ0n) is 11.6. The molecule has 4 heteroatoms. The second-order valence-corrected chi connectivity index (χ2v) is 5.33. The molecule has 19 heavy (non-hydrogen) atoms. The van der Waals surface area contributed by atoms with Gasteiger partial charge < -0.3 is 10.6 Å². The van der Waals surface area contributed by atoms with Crippen molar-refractivity contribution >= 4 is 11.6 Å². The summed E-state index contributed by atoms with van der Waals surface area (Å²) in [7, 11) is 0. The molecule has 2 N–H and O–H groups in total. The van der Waals surface area contributed by atoms with Gasteiger partial charge in [-0.15, -0.1) is 0 Å². The Morgan fingerprint density at radius 1 is 1.47 bits per heavy atom. The van der Waals surface area contributed by atoms with Crippen LogP contribution in [0.5, 0.6) is 0 Å². The molecule has 1 heterocycles. The quantitative estimate of drug-likeness (QED) is 0.877. The highest BCUT2D eigenvalue weighted by Crippen LogP contribution is 2.26. The average Bonchev–Trinajstić information content (AvgIpc) is 2.78. The third kappa shape index (κ3) is 3.13. The van der Waals surface area contributed by atoms with E-state index in [1.807, 2.05) is 6.92 Å². The minimum atomic E-state index is -0.477. The lowest BCUT2D eigenvalue weighted by Crippen LogP contribution is -2.50. The van der Waals surface area contributed by atoms with E-state index in [9.17, 15) is 9.18 Å². The van der Waals surface area contributed by atoms with Crippen molar-refractivity contribution in [1.29, 1.82) is 0 Å². The van der Waals surface area contributed by atoms with Crippen molar-refractivity contribution in [2.75, 3.05) is 11.9 Å². The number of hydrogen-bond acceptors (Lipinski definition) is 2. The van der Waals surface area contributed by atoms with Gasteiger partial charge in [0.1, 0.15) is 5.82 Å². The molecular formula is C15H21FN2O. The van der Waals surface area contributed by atoms with Crippen molar-refractivity contribution < 1.29 is 9.18 Å². The molecule has 1 fully saturated rings. The highest BCUT2D eigenvalue weighted by molar-refractivity contribution is 5.98. The van der Waals surface area contributed by atoms with Gasteiger partial charge in [-0.25, -0.2) is 4.39 Å². The number of nitrogens with one attached hydrogen (secondary N) is 2. The Morgan fingerprint density at radius 3 is 2.84 bits per heavy atom. The first kappa shape index (κ1) is 14.0. The standard InChI is InChI=1S/C15H21FN2O/c1-3-5-15(6-4-7-17-15)14(19)18-13-9-11(2)8-12(16)10-13/h8-10,17H,3-7H2,1-2H3,(H,18,19). The number of hydrogen-bond donors (Lipinski definition) is 2. The lowest BCUT2D eigenvalue weighted by molar-refractivity contribution is -0.122. The Balaban J connectivity index is 2.14. The van der Waals surface area contributed by atoms with Gasteiger partial charge in [-0.05, 0) is 56.5 Å². The minimum absolute atomic E-state index is 0.0446. The monoisotopic (exact) mass is 264 g/mol. The second-order valence-electron chi connectivity index (χ2n) is 5.33. The summed E-state index contributed by atoms with van der Waals surface area (Å²) in [4.78, 5) is 12.5. The predicted molar refractivity (Wildman–Crippen MR) is 74.6 cm³/mol. The van der Waals surface area contributed by atoms with Crippen molar-refractivity contribution in [3.63, 3.8) is 0 Å². The van der Waals surface area contributed by atoms with Crippen LogP contribution in [0.3, 0.4) is 0 Å². The SMILES string of the molecule is CCCC1(C(=O)Nc2cc(C)cc(F)c2)CCCN1. The Labute approximate surface area is 113 Å². The summed E-state index contributed by atoms with van der Waals surface area (Å²) in [5.74, 6) is -0.365. The third-order valence-corrected chi connectivity index (χ3v) is 3.66. The Morgan fingerprint density at radius 2 is 2.26 bits per heavy atom. The zero-order valence-corrected chi connectivity index (χ0v) is 11.6. The smallest absolute Gasteiger partial charge is 0.244 e. The highest BCUT2D eigenvalue weighted by atomic mass is 19.1. The van der Waals surface area contributed by atoms with Crippen molar-refractivity contribution in [3.05, 3.63) is 29.6 Å². The zero-order chi connectivity index (χ0) is 13.9. The largest absolute Gasteiger partial charge is 0.324 e. The van der Waals surface area contributed by atoms with E-state index in [1.165, 1.54) is 12.1 Å². The number of carbonyl (C=O) groups is 1. The summed E-state index contributed by atoms with van der Waals surface area (Å²) >= 11 is 0. The van der Waals surface area contributed by atoms with E-state index in [-0.39, 0.29) is 11.7 Å². The van der Waals surface area contributed by atoms with E-state index in [1.54, 1.807) is 6.07 Å². The summed E-state index contributed by atoms with van der Waals surface area (Å²) < 4.78 is 13.3. The molecular weight excluding hydrogens is 243 g/mol. The van der Waals surface area contributed by atoms with Crippen molar-refractivity contribution in [1.82, 2.24) is 5.32 Å². The fourth-order valence-electron chi connectivity index (χ4n) is 2.81. The lowest BCUT2D eigenvalue weighted by atomic mass is 9.90. The van der Waals surface area contributed by atoms with Crippen LogP contribution in [0.15, 0.2) is 18.2 Å². The first-order chi connectivity index (χ1) is 9.05. The molecule has 1 aromatic carbocycles. The lowest BCUT2D eigenvalue weighted by Gasteiger charge is -2.27. The van der Waals surface area contributed by atoms with Crippen LogP contribution in [0.4, 0.5) is 10.1 Å². The van der Waals surface area contributed by atoms with E-state index in [0.29, 0.717) is 5.69 Å². The molecule has 1 amide bonds. The Hall–Kier alpha value is -1.42. The summed E-state index contributed by atoms with van der Waals surface area (Å²) in [6, 6.07) is 4.60. The van der Waals surface area contributed by atoms with Crippen LogP contribution in [0.1, 0.15) is 38.2 Å². The number of halogens is 1. The third-order valence-electron chi connectivity index (χ3n) is 3.66. The molecule has 1 unspecified atom stereocenters. The molecule has 1 saturated heterocycles. The van der Waals surface area contributed by atoms with Gasteiger partial charge in [0.15, 0.2) is 0 Å². The van der Waals surface area contributed by atoms with E-state index in [0.717, 1.165) is 37.8 Å². The molecule has 0 saturated carbocycles. The van der Waals surface area contributed by atoms with Crippen LogP contribution in [-0.2, 0) is 4.79 Å². The maximum Gasteiger partial charge on any atom is 0.244 e. The Bertz CT molecular complexity index is 447. The number of rotatable bonds is 4. The molecule has 1 aliphatic heterocycles. The number of anilines is 1. The van der Waals surface area contributed by atoms with E-state index >= 15 is 0 Å². The van der Waals surface area contributed by atoms with Gasteiger partial charge in [0.2, 0.25) is 5.91 Å². The maximum atomic E-state index is 13.3. The fraction of sp³-hybridized carbons (Fsp3) is 0.533. The summed E-state index contributed by atoms with van der Waals surface area (Å²) in [5, 5.41) is 6.16. The normalized spacial score (nSPS) is 22.5. The fourth-order valence-corrected chi connectivity index (χ4v) is 2.81. The number of amides is 1. The van der Waals surface area contributed by atoms with Crippen LogP contribution in [0, 0.1) is 12.7 Å². The number of aryl methyl sites for hydroxylation is 1. The summed E-state index contributed by atoms with van der Waals surface area (Å²) in [6.45, 7) is 4.76. The first-order valence-corrected chi connectivity index (χ1v) is 6.89. The molecule has 3 nitrogen and oxygen atoms in total. The molecule has 2 rings (SSSR count). The summed E-state index contributed by atoms with van der Waals surface area (Å²) in [5.41, 5.74) is 0.862. The van der Waals surface area contributed by atoms with Gasteiger partial charge in [-0.2, -0.15) is 0 Å². The predicted octanol–water partition coefficient (Wildman–Crippen LogP) is 2.99. The highest BCUT2D eigenvalue weighted by Gasteiger charge is 2.39. The van der Waals surface area contributed by atoms with Gasteiger partial charge in [0, 0.05) is 5.69 Å². The summed E-state index contributed by atoms with van der Waals surface area (Å²) in [6.07, 6.45) is 3.62. The topological polar surface area (TPSA) is 41.1 Å². The number of benzene rings is 1. The van der Waals surface area contributed by atoms with Crippen molar-refractivity contribution in [3.8, 4) is 0 Å². The second kappa shape index (κ2) is 5.70. The van der Waals surface area contributed by atoms with Crippen LogP contribution >= 0.6 is 0 Å². The van der Waals surface area contributed by atoms with E-state index in [2.05, 4.69) is 17.6 Å². The average molecular weight is 264 g/mol. The van der Waals surface area contributed by atoms with Gasteiger partial charge in [-0.1, -0.05) is 13.3 Å². The van der Waals surface area contributed by atoms with Crippen LogP contribution in [0.25, 0.3) is 0 Å². The molecule has 0 radical (unpaired) electrons. The molecule has 0 bridgehead atoms. The van der Waals surface area contributed by atoms with Crippen LogP contribution in [0.2, 0.25) is 0 Å². The maximum absolute atomic E-state index is 13.3. The van der Waals surface area contributed by atoms with Crippen LogP contribution in [-0.4, -0.2) is 18.0 Å². The molecule has 1 atom stereocenters. The molecule has 0 aromatic heterocycles. The van der Waals surface area contributed by atoms with Gasteiger partial charge in [-0.3, -0.25) is 4.79 Å². The molecule has 1 aliphatic rings. The first-order valence-electron chi connectivity index (χ1n) is 6.89. The van der Waals surface area contributed by atoms with Gasteiger partial charge in [0.05, 0.1) is 5.54 Å². The van der Waals surface area contributed by atoms with E-state index < -0.39 is 5.54 Å². The van der Waals surface area contributed by atoms with Gasteiger partial charge >= 0.3 is 0 Å². The van der Waals surface area contributed by atoms with Crippen molar-refractivity contribution in [2.45, 2.75) is 45.1 Å². The molecule has 104 valence electrons. The number of carbonyl (C=O) groups excluding carboxylic acids is 1.